The zero-order chi connectivity index (χ0) is 17.4. The summed E-state index contributed by atoms with van der Waals surface area (Å²) in [4.78, 5) is 25.0. The molecule has 128 valence electrons. The smallest absolute Gasteiger partial charge is 0.341 e. The standard InChI is InChI=1S/C17H25NO5/c1-5-18(10-12(3)4)17(21)13-7-8-14(23-11-16(19)20)15(9-13)22-6-2/h7-9,12H,5-6,10-11H2,1-4H3,(H,19,20). The minimum atomic E-state index is -1.07. The van der Waals surface area contributed by atoms with E-state index in [1.54, 1.807) is 23.1 Å². The molecule has 0 unspecified atom stereocenters. The molecule has 6 heteroatoms. The molecule has 0 aliphatic carbocycles. The number of carboxylic acids is 1. The van der Waals surface area contributed by atoms with Gasteiger partial charge in [-0.25, -0.2) is 4.79 Å². The summed E-state index contributed by atoms with van der Waals surface area (Å²) in [5, 5.41) is 8.70. The van der Waals surface area contributed by atoms with Crippen LogP contribution in [-0.4, -0.2) is 48.2 Å². The number of benzene rings is 1. The molecule has 0 aliphatic rings. The zero-order valence-electron chi connectivity index (χ0n) is 14.2. The predicted molar refractivity (Wildman–Crippen MR) is 87.2 cm³/mol. The first-order valence-corrected chi connectivity index (χ1v) is 7.79. The molecule has 1 aromatic rings. The van der Waals surface area contributed by atoms with Crippen molar-refractivity contribution in [3.05, 3.63) is 23.8 Å². The van der Waals surface area contributed by atoms with Gasteiger partial charge in [-0.2, -0.15) is 0 Å². The molecule has 0 aliphatic heterocycles. The maximum atomic E-state index is 12.6. The fraction of sp³-hybridized carbons (Fsp3) is 0.529. The van der Waals surface area contributed by atoms with Crippen LogP contribution in [0, 0.1) is 5.92 Å². The Morgan fingerprint density at radius 1 is 1.17 bits per heavy atom. The predicted octanol–water partition coefficient (Wildman–Crippen LogP) is 2.67. The van der Waals surface area contributed by atoms with Gasteiger partial charge in [0, 0.05) is 18.7 Å². The van der Waals surface area contributed by atoms with Gasteiger partial charge in [0.25, 0.3) is 5.91 Å². The first-order chi connectivity index (χ1) is 10.9. The number of amides is 1. The van der Waals surface area contributed by atoms with Gasteiger partial charge < -0.3 is 19.5 Å². The van der Waals surface area contributed by atoms with Crippen LogP contribution < -0.4 is 9.47 Å². The summed E-state index contributed by atoms with van der Waals surface area (Å²) in [7, 11) is 0. The molecule has 1 N–H and O–H groups in total. The molecule has 1 amide bonds. The highest BCUT2D eigenvalue weighted by atomic mass is 16.5. The van der Waals surface area contributed by atoms with Gasteiger partial charge in [-0.1, -0.05) is 13.8 Å². The normalized spacial score (nSPS) is 10.5. The van der Waals surface area contributed by atoms with Crippen LogP contribution in [0.25, 0.3) is 0 Å². The van der Waals surface area contributed by atoms with Crippen molar-refractivity contribution in [3.8, 4) is 11.5 Å². The highest BCUT2D eigenvalue weighted by Gasteiger charge is 2.18. The molecule has 6 nitrogen and oxygen atoms in total. The quantitative estimate of drug-likeness (QED) is 0.756. The maximum Gasteiger partial charge on any atom is 0.341 e. The number of nitrogens with zero attached hydrogens (tertiary/aromatic N) is 1. The van der Waals surface area contributed by atoms with Crippen LogP contribution in [0.4, 0.5) is 0 Å². The largest absolute Gasteiger partial charge is 0.490 e. The Hall–Kier alpha value is -2.24. The molecule has 0 saturated heterocycles. The number of carbonyl (C=O) groups is 2. The zero-order valence-corrected chi connectivity index (χ0v) is 14.2. The molecule has 0 saturated carbocycles. The van der Waals surface area contributed by atoms with Crippen LogP contribution in [0.3, 0.4) is 0 Å². The molecule has 0 radical (unpaired) electrons. The van der Waals surface area contributed by atoms with Crippen LogP contribution in [0.15, 0.2) is 18.2 Å². The Morgan fingerprint density at radius 3 is 2.39 bits per heavy atom. The lowest BCUT2D eigenvalue weighted by molar-refractivity contribution is -0.139. The highest BCUT2D eigenvalue weighted by molar-refractivity contribution is 5.95. The van der Waals surface area contributed by atoms with Gasteiger partial charge >= 0.3 is 5.97 Å². The third kappa shape index (κ3) is 5.81. The molecule has 0 atom stereocenters. The van der Waals surface area contributed by atoms with Gasteiger partial charge in [0.15, 0.2) is 18.1 Å². The van der Waals surface area contributed by atoms with Crippen LogP contribution in [0.1, 0.15) is 38.1 Å². The first-order valence-electron chi connectivity index (χ1n) is 7.79. The lowest BCUT2D eigenvalue weighted by Crippen LogP contribution is -2.34. The van der Waals surface area contributed by atoms with Crippen molar-refractivity contribution in [2.45, 2.75) is 27.7 Å². The SMILES string of the molecule is CCOc1cc(C(=O)N(CC)CC(C)C)ccc1OCC(=O)O. The molecule has 1 rings (SSSR count). The summed E-state index contributed by atoms with van der Waals surface area (Å²) in [5.41, 5.74) is 0.499. The lowest BCUT2D eigenvalue weighted by atomic mass is 10.1. The van der Waals surface area contributed by atoms with E-state index in [0.717, 1.165) is 0 Å². The fourth-order valence-electron chi connectivity index (χ4n) is 2.15. The number of aliphatic carboxylic acids is 1. The van der Waals surface area contributed by atoms with Gasteiger partial charge in [0.2, 0.25) is 0 Å². The number of hydrogen-bond acceptors (Lipinski definition) is 4. The van der Waals surface area contributed by atoms with E-state index in [4.69, 9.17) is 14.6 Å². The fourth-order valence-corrected chi connectivity index (χ4v) is 2.15. The van der Waals surface area contributed by atoms with E-state index >= 15 is 0 Å². The van der Waals surface area contributed by atoms with E-state index in [-0.39, 0.29) is 5.91 Å². The molecule has 0 fully saturated rings. The van der Waals surface area contributed by atoms with Crippen molar-refractivity contribution >= 4 is 11.9 Å². The lowest BCUT2D eigenvalue weighted by Gasteiger charge is -2.23. The molecular weight excluding hydrogens is 298 g/mol. The Morgan fingerprint density at radius 2 is 1.87 bits per heavy atom. The molecule has 1 aromatic carbocycles. The van der Waals surface area contributed by atoms with Gasteiger partial charge in [-0.05, 0) is 38.0 Å². The van der Waals surface area contributed by atoms with E-state index in [0.29, 0.717) is 42.7 Å². The van der Waals surface area contributed by atoms with Gasteiger partial charge in [-0.3, -0.25) is 4.79 Å². The van der Waals surface area contributed by atoms with Crippen molar-refractivity contribution in [1.29, 1.82) is 0 Å². The van der Waals surface area contributed by atoms with E-state index in [2.05, 4.69) is 13.8 Å². The van der Waals surface area contributed by atoms with E-state index in [9.17, 15) is 9.59 Å². The Bertz CT molecular complexity index is 542. The molecule has 0 aromatic heterocycles. The van der Waals surface area contributed by atoms with E-state index in [1.165, 1.54) is 0 Å². The van der Waals surface area contributed by atoms with Gasteiger partial charge in [-0.15, -0.1) is 0 Å². The minimum Gasteiger partial charge on any atom is -0.490 e. The maximum absolute atomic E-state index is 12.6. The number of carboxylic acid groups (broad SMARTS) is 1. The summed E-state index contributed by atoms with van der Waals surface area (Å²) >= 11 is 0. The van der Waals surface area contributed by atoms with Crippen molar-refractivity contribution in [2.24, 2.45) is 5.92 Å². The molecule has 0 bridgehead atoms. The van der Waals surface area contributed by atoms with Crippen molar-refractivity contribution in [1.82, 2.24) is 4.90 Å². The monoisotopic (exact) mass is 323 g/mol. The Labute approximate surface area is 137 Å². The second kappa shape index (κ2) is 9.02. The Kier molecular flexibility index (Phi) is 7.38. The van der Waals surface area contributed by atoms with Gasteiger partial charge in [0.1, 0.15) is 0 Å². The second-order valence-corrected chi connectivity index (χ2v) is 5.51. The third-order valence-electron chi connectivity index (χ3n) is 3.10. The molecular formula is C17H25NO5. The molecule has 23 heavy (non-hydrogen) atoms. The minimum absolute atomic E-state index is 0.0769. The average molecular weight is 323 g/mol. The molecule has 0 spiro atoms. The molecule has 0 heterocycles. The highest BCUT2D eigenvalue weighted by Crippen LogP contribution is 2.29. The topological polar surface area (TPSA) is 76.1 Å². The summed E-state index contributed by atoms with van der Waals surface area (Å²) in [6.45, 7) is 9.11. The average Bonchev–Trinajstić information content (AvgIpc) is 2.50. The number of rotatable bonds is 9. The summed E-state index contributed by atoms with van der Waals surface area (Å²) in [6, 6.07) is 4.81. The third-order valence-corrected chi connectivity index (χ3v) is 3.10. The van der Waals surface area contributed by atoms with Gasteiger partial charge in [0.05, 0.1) is 6.61 Å². The Balaban J connectivity index is 3.01. The first kappa shape index (κ1) is 18.8. The van der Waals surface area contributed by atoms with E-state index in [1.807, 2.05) is 13.8 Å². The number of carbonyl (C=O) groups excluding carboxylic acids is 1. The summed E-state index contributed by atoms with van der Waals surface area (Å²) in [6.07, 6.45) is 0. The van der Waals surface area contributed by atoms with Crippen LogP contribution in [-0.2, 0) is 4.79 Å². The number of hydrogen-bond donors (Lipinski definition) is 1. The van der Waals surface area contributed by atoms with Crippen LogP contribution in [0.2, 0.25) is 0 Å². The van der Waals surface area contributed by atoms with Crippen molar-refractivity contribution in [3.63, 3.8) is 0 Å². The summed E-state index contributed by atoms with van der Waals surface area (Å²) < 4.78 is 10.7. The van der Waals surface area contributed by atoms with Crippen LogP contribution >= 0.6 is 0 Å². The van der Waals surface area contributed by atoms with Crippen molar-refractivity contribution < 1.29 is 24.2 Å². The number of ether oxygens (including phenoxy) is 2. The second-order valence-electron chi connectivity index (χ2n) is 5.51. The summed E-state index contributed by atoms with van der Waals surface area (Å²) in [5.74, 6) is -0.0741. The van der Waals surface area contributed by atoms with Crippen LogP contribution in [0.5, 0.6) is 11.5 Å². The van der Waals surface area contributed by atoms with E-state index < -0.39 is 12.6 Å². The van der Waals surface area contributed by atoms with Crippen molar-refractivity contribution in [2.75, 3.05) is 26.3 Å².